The maximum atomic E-state index is 13.8. The van der Waals surface area contributed by atoms with Crippen molar-refractivity contribution in [3.05, 3.63) is 0 Å². The Balaban J connectivity index is 1.23. The normalized spacial score (nSPS) is 47.8. The van der Waals surface area contributed by atoms with Crippen LogP contribution in [0.25, 0.3) is 0 Å². The first-order valence-electron chi connectivity index (χ1n) is 11.9. The maximum absolute atomic E-state index is 13.8. The second-order valence-electron chi connectivity index (χ2n) is 11.0. The molecule has 9 nitrogen and oxygen atoms in total. The first-order valence-corrected chi connectivity index (χ1v) is 13.3. The lowest BCUT2D eigenvalue weighted by Gasteiger charge is -2.56. The van der Waals surface area contributed by atoms with Gasteiger partial charge in [-0.25, -0.2) is 4.79 Å². The van der Waals surface area contributed by atoms with Crippen LogP contribution >= 0.6 is 0 Å². The van der Waals surface area contributed by atoms with E-state index >= 15 is 0 Å². The summed E-state index contributed by atoms with van der Waals surface area (Å²) in [6.07, 6.45) is 2.62. The van der Waals surface area contributed by atoms with Crippen molar-refractivity contribution in [2.24, 2.45) is 46.8 Å². The predicted octanol–water partition coefficient (Wildman–Crippen LogP) is 1.94. The lowest BCUT2D eigenvalue weighted by atomic mass is 9.51. The topological polar surface area (TPSA) is 133 Å². The zero-order chi connectivity index (χ0) is 24.4. The van der Waals surface area contributed by atoms with Gasteiger partial charge in [0.1, 0.15) is 18.3 Å². The van der Waals surface area contributed by atoms with Gasteiger partial charge in [-0.3, -0.25) is 14.1 Å². The fraction of sp³-hybridized carbons (Fsp3) is 0.864. The van der Waals surface area contributed by atoms with Gasteiger partial charge in [-0.1, -0.05) is 13.3 Å². The van der Waals surface area contributed by atoms with Crippen molar-refractivity contribution >= 4 is 28.0 Å². The molecule has 5 aliphatic carbocycles. The highest BCUT2D eigenvalue weighted by Gasteiger charge is 2.72. The molecule has 0 radical (unpaired) electrons. The van der Waals surface area contributed by atoms with Gasteiger partial charge >= 0.3 is 33.3 Å². The number of esters is 3. The van der Waals surface area contributed by atoms with E-state index in [9.17, 15) is 31.6 Å². The minimum Gasteiger partial charge on any atom is -0.462 e. The number of rotatable bonds is 6. The molecule has 1 saturated heterocycles. The van der Waals surface area contributed by atoms with Crippen molar-refractivity contribution in [3.8, 4) is 0 Å². The number of carbonyl (C=O) groups excluding carboxylic acids is 3. The minimum atomic E-state index is -6.05. The van der Waals surface area contributed by atoms with E-state index in [-0.39, 0.29) is 17.9 Å². The SMILES string of the molecule is CCC1CC2CC3CC(OC(=O)C4C5CC6C(OC(=O)C64)C5OC(=O)C(F)(F)S(=O)(=O)O)C12C3. The summed E-state index contributed by atoms with van der Waals surface area (Å²) < 4.78 is 74.2. The summed E-state index contributed by atoms with van der Waals surface area (Å²) in [7, 11) is -6.05. The van der Waals surface area contributed by atoms with Gasteiger partial charge in [0.25, 0.3) is 0 Å². The Hall–Kier alpha value is -1.82. The summed E-state index contributed by atoms with van der Waals surface area (Å²) in [5.41, 5.74) is -0.0190. The lowest BCUT2D eigenvalue weighted by Crippen LogP contribution is -2.55. The Morgan fingerprint density at radius 2 is 1.91 bits per heavy atom. The minimum absolute atomic E-state index is 0.0190. The third kappa shape index (κ3) is 2.67. The van der Waals surface area contributed by atoms with Crippen molar-refractivity contribution in [2.45, 2.75) is 69.0 Å². The molecule has 6 fully saturated rings. The van der Waals surface area contributed by atoms with Crippen LogP contribution in [0, 0.1) is 46.8 Å². The Morgan fingerprint density at radius 3 is 2.56 bits per heavy atom. The molecule has 1 spiro atoms. The summed E-state index contributed by atoms with van der Waals surface area (Å²) >= 11 is 0. The van der Waals surface area contributed by atoms with Crippen molar-refractivity contribution < 1.29 is 50.3 Å². The molecule has 0 aromatic heterocycles. The second kappa shape index (κ2) is 6.89. The highest BCUT2D eigenvalue weighted by molar-refractivity contribution is 7.87. The Bertz CT molecular complexity index is 1080. The number of alkyl halides is 2. The van der Waals surface area contributed by atoms with Gasteiger partial charge in [-0.05, 0) is 49.9 Å². The summed E-state index contributed by atoms with van der Waals surface area (Å²) in [4.78, 5) is 37.9. The van der Waals surface area contributed by atoms with Gasteiger partial charge in [0.2, 0.25) is 0 Å². The fourth-order valence-electron chi connectivity index (χ4n) is 8.64. The van der Waals surface area contributed by atoms with E-state index in [1.54, 1.807) is 0 Å². The van der Waals surface area contributed by atoms with Crippen LogP contribution in [-0.4, -0.2) is 54.4 Å². The smallest absolute Gasteiger partial charge is 0.462 e. The lowest BCUT2D eigenvalue weighted by molar-refractivity contribution is -0.190. The molecule has 12 heteroatoms. The number of hydrogen-bond acceptors (Lipinski definition) is 8. The van der Waals surface area contributed by atoms with Gasteiger partial charge < -0.3 is 14.2 Å². The highest BCUT2D eigenvalue weighted by atomic mass is 32.2. The summed E-state index contributed by atoms with van der Waals surface area (Å²) in [6.45, 7) is 2.13. The molecule has 11 atom stereocenters. The molecular weight excluding hydrogens is 478 g/mol. The van der Waals surface area contributed by atoms with E-state index in [2.05, 4.69) is 6.92 Å². The number of carbonyl (C=O) groups is 3. The van der Waals surface area contributed by atoms with Crippen LogP contribution in [0.2, 0.25) is 0 Å². The number of halogens is 2. The van der Waals surface area contributed by atoms with Gasteiger partial charge in [0.15, 0.2) is 0 Å². The van der Waals surface area contributed by atoms with Crippen molar-refractivity contribution in [1.82, 2.24) is 0 Å². The van der Waals surface area contributed by atoms with Gasteiger partial charge in [0.05, 0.1) is 11.8 Å². The van der Waals surface area contributed by atoms with Crippen molar-refractivity contribution in [1.29, 1.82) is 0 Å². The van der Waals surface area contributed by atoms with Crippen LogP contribution in [-0.2, 0) is 38.7 Å². The third-order valence-electron chi connectivity index (χ3n) is 9.87. The Kier molecular flexibility index (Phi) is 4.59. The summed E-state index contributed by atoms with van der Waals surface area (Å²) in [6, 6.07) is 0. The number of ether oxygens (including phenoxy) is 3. The Morgan fingerprint density at radius 1 is 1.18 bits per heavy atom. The van der Waals surface area contributed by atoms with Crippen LogP contribution < -0.4 is 0 Å². The summed E-state index contributed by atoms with van der Waals surface area (Å²) in [5, 5.41) is -5.18. The van der Waals surface area contributed by atoms with Crippen LogP contribution in [0.3, 0.4) is 0 Å². The van der Waals surface area contributed by atoms with Crippen LogP contribution in [0.1, 0.15) is 45.4 Å². The molecular formula is C22H26F2O9S. The van der Waals surface area contributed by atoms with Crippen molar-refractivity contribution in [3.63, 3.8) is 0 Å². The average molecular weight is 505 g/mol. The molecule has 0 aromatic carbocycles. The first-order chi connectivity index (χ1) is 15.9. The quantitative estimate of drug-likeness (QED) is 0.327. The van der Waals surface area contributed by atoms with Gasteiger partial charge in [-0.15, -0.1) is 0 Å². The van der Waals surface area contributed by atoms with E-state index in [1.165, 1.54) is 0 Å². The maximum Gasteiger partial charge on any atom is 0.465 e. The molecule has 5 saturated carbocycles. The fourth-order valence-corrected chi connectivity index (χ4v) is 8.90. The van der Waals surface area contributed by atoms with Gasteiger partial charge in [0, 0.05) is 17.3 Å². The molecule has 0 aromatic rings. The monoisotopic (exact) mass is 504 g/mol. The zero-order valence-electron chi connectivity index (χ0n) is 18.4. The number of hydrogen-bond donors (Lipinski definition) is 1. The van der Waals surface area contributed by atoms with Crippen molar-refractivity contribution in [2.75, 3.05) is 0 Å². The average Bonchev–Trinajstić information content (AvgIpc) is 3.49. The van der Waals surface area contributed by atoms with Crippen LogP contribution in [0.15, 0.2) is 0 Å². The summed E-state index contributed by atoms with van der Waals surface area (Å²) in [5.74, 6) is -5.33. The first kappa shape index (κ1) is 22.6. The Labute approximate surface area is 194 Å². The van der Waals surface area contributed by atoms with E-state index in [1.807, 2.05) is 0 Å². The molecule has 0 amide bonds. The molecule has 34 heavy (non-hydrogen) atoms. The molecule has 1 aliphatic heterocycles. The molecule has 1 N–H and O–H groups in total. The predicted molar refractivity (Wildman–Crippen MR) is 106 cm³/mol. The second-order valence-corrected chi connectivity index (χ2v) is 12.5. The van der Waals surface area contributed by atoms with E-state index < -0.39 is 69.2 Å². The largest absolute Gasteiger partial charge is 0.465 e. The highest BCUT2D eigenvalue weighted by Crippen LogP contribution is 2.72. The van der Waals surface area contributed by atoms with E-state index in [0.29, 0.717) is 17.8 Å². The molecule has 6 aliphatic rings. The molecule has 11 unspecified atom stereocenters. The molecule has 4 bridgehead atoms. The number of fused-ring (bicyclic) bond motifs is 2. The third-order valence-corrected chi connectivity index (χ3v) is 10.7. The molecule has 1 heterocycles. The zero-order valence-corrected chi connectivity index (χ0v) is 19.2. The van der Waals surface area contributed by atoms with Gasteiger partial charge in [-0.2, -0.15) is 17.2 Å². The van der Waals surface area contributed by atoms with Crippen LogP contribution in [0.5, 0.6) is 0 Å². The molecule has 6 rings (SSSR count). The van der Waals surface area contributed by atoms with E-state index in [0.717, 1.165) is 32.1 Å². The van der Waals surface area contributed by atoms with E-state index in [4.69, 9.17) is 18.8 Å². The standard InChI is InChI=1S/C22H26F2O9S/c1-2-9-5-10-3-8-4-13(21(9,10)7-8)31-18(25)14-12-6-11-15(14)19(26)32-16(11)17(12)33-20(27)22(23,24)34(28,29)30/h8-17H,2-7H2,1H3,(H,28,29,30). The molecule has 188 valence electrons. The van der Waals surface area contributed by atoms with Crippen LogP contribution in [0.4, 0.5) is 8.78 Å².